The number of aliphatic hydroxyl groups is 1. The van der Waals surface area contributed by atoms with E-state index < -0.39 is 12.7 Å². The molecule has 0 unspecified atom stereocenters. The summed E-state index contributed by atoms with van der Waals surface area (Å²) in [5.74, 6) is 0.835. The van der Waals surface area contributed by atoms with Crippen molar-refractivity contribution in [2.75, 3.05) is 18.1 Å². The molecule has 0 aromatic carbocycles. The van der Waals surface area contributed by atoms with E-state index in [1.54, 1.807) is 36.0 Å². The Hall–Kier alpha value is -3.41. The summed E-state index contributed by atoms with van der Waals surface area (Å²) in [5.41, 5.74) is 7.71. The molecule has 0 amide bonds. The fraction of sp³-hybridized carbons (Fsp3) is 0.478. The molecule has 4 aromatic rings. The molecule has 0 atom stereocenters. The first kappa shape index (κ1) is 24.7. The van der Waals surface area contributed by atoms with E-state index in [-0.39, 0.29) is 23.0 Å². The maximum absolute atomic E-state index is 12.9. The molecule has 1 aliphatic rings. The van der Waals surface area contributed by atoms with Crippen LogP contribution >= 0.6 is 0 Å². The van der Waals surface area contributed by atoms with Crippen LogP contribution in [0.3, 0.4) is 0 Å². The van der Waals surface area contributed by atoms with Crippen molar-refractivity contribution in [2.24, 2.45) is 0 Å². The van der Waals surface area contributed by atoms with Gasteiger partial charge in [0.25, 0.3) is 0 Å². The predicted octanol–water partition coefficient (Wildman–Crippen LogP) is 4.34. The lowest BCUT2D eigenvalue weighted by molar-refractivity contribution is -0.140. The normalized spacial score (nSPS) is 15.7. The number of rotatable bonds is 3. The van der Waals surface area contributed by atoms with Crippen molar-refractivity contribution >= 4 is 28.4 Å². The summed E-state index contributed by atoms with van der Waals surface area (Å²) in [4.78, 5) is 12.8. The van der Waals surface area contributed by atoms with Gasteiger partial charge in [-0.25, -0.2) is 14.5 Å². The predicted molar refractivity (Wildman–Crippen MR) is 128 cm³/mol. The molecule has 1 fully saturated rings. The second-order valence-electron chi connectivity index (χ2n) is 9.05. The molecule has 12 heteroatoms. The average Bonchev–Trinajstić information content (AvgIpc) is 3.33. The van der Waals surface area contributed by atoms with E-state index in [4.69, 9.17) is 5.73 Å². The van der Waals surface area contributed by atoms with E-state index >= 15 is 0 Å². The molecule has 0 aliphatic heterocycles. The molecule has 4 N–H and O–H groups in total. The minimum atomic E-state index is -4.37. The number of fused-ring (bicyclic) bond motifs is 2. The van der Waals surface area contributed by atoms with Gasteiger partial charge in [-0.3, -0.25) is 0 Å². The lowest BCUT2D eigenvalue weighted by atomic mass is 9.87. The smallest absolute Gasteiger partial charge is 0.390 e. The van der Waals surface area contributed by atoms with Crippen molar-refractivity contribution in [3.63, 3.8) is 0 Å². The molecule has 188 valence electrons. The van der Waals surface area contributed by atoms with Crippen LogP contribution in [0.1, 0.15) is 44.9 Å². The van der Waals surface area contributed by atoms with E-state index in [2.05, 4.69) is 25.4 Å². The fourth-order valence-corrected chi connectivity index (χ4v) is 4.37. The van der Waals surface area contributed by atoms with E-state index in [0.717, 1.165) is 17.4 Å². The highest BCUT2D eigenvalue weighted by molar-refractivity contribution is 5.89. The van der Waals surface area contributed by atoms with Gasteiger partial charge >= 0.3 is 6.18 Å². The van der Waals surface area contributed by atoms with Crippen LogP contribution in [0.25, 0.3) is 27.9 Å². The molecule has 5 rings (SSSR count). The van der Waals surface area contributed by atoms with Gasteiger partial charge in [0, 0.05) is 18.8 Å². The number of anilines is 2. The van der Waals surface area contributed by atoms with Crippen molar-refractivity contribution in [1.82, 2.24) is 29.1 Å². The van der Waals surface area contributed by atoms with Crippen LogP contribution in [0.15, 0.2) is 24.4 Å². The Balaban J connectivity index is 0.000000308. The number of nitrogen functional groups attached to an aromatic ring is 1. The number of nitrogens with zero attached hydrogens (tertiary/aromatic N) is 6. The first-order valence-electron chi connectivity index (χ1n) is 11.4. The third kappa shape index (κ3) is 5.47. The summed E-state index contributed by atoms with van der Waals surface area (Å²) in [6.45, 7) is 2.31. The first-order chi connectivity index (χ1) is 16.5. The zero-order chi connectivity index (χ0) is 25.4. The molecule has 4 aromatic heterocycles. The van der Waals surface area contributed by atoms with Gasteiger partial charge in [0.1, 0.15) is 23.4 Å². The van der Waals surface area contributed by atoms with Crippen molar-refractivity contribution in [3.8, 4) is 11.3 Å². The number of imidazole rings is 1. The minimum absolute atomic E-state index is 0.0938. The topological polar surface area (TPSA) is 119 Å². The molecule has 9 nitrogen and oxygen atoms in total. The monoisotopic (exact) mass is 490 g/mol. The number of aromatic nitrogens is 6. The van der Waals surface area contributed by atoms with Crippen molar-refractivity contribution in [3.05, 3.63) is 30.2 Å². The minimum Gasteiger partial charge on any atom is -0.390 e. The van der Waals surface area contributed by atoms with Crippen LogP contribution < -0.4 is 11.1 Å². The molecule has 0 radical (unpaired) electrons. The van der Waals surface area contributed by atoms with Gasteiger partial charge in [-0.1, -0.05) is 19.3 Å². The molecule has 1 saturated carbocycles. The Bertz CT molecular complexity index is 1330. The Kier molecular flexibility index (Phi) is 6.58. The number of nitrogens with one attached hydrogen (secondary N) is 1. The van der Waals surface area contributed by atoms with Gasteiger partial charge in [-0.2, -0.15) is 18.2 Å². The highest BCUT2D eigenvalue weighted by Gasteiger charge is 2.30. The van der Waals surface area contributed by atoms with Crippen LogP contribution in [-0.2, 0) is 6.54 Å². The summed E-state index contributed by atoms with van der Waals surface area (Å²) in [6.07, 6.45) is 3.08. The maximum atomic E-state index is 12.9. The number of hydrogen-bond acceptors (Lipinski definition) is 7. The van der Waals surface area contributed by atoms with Gasteiger partial charge in [-0.05, 0) is 44.9 Å². The van der Waals surface area contributed by atoms with E-state index in [9.17, 15) is 18.3 Å². The van der Waals surface area contributed by atoms with E-state index in [0.29, 0.717) is 28.1 Å². The number of hydrogen-bond donors (Lipinski definition) is 3. The third-order valence-electron chi connectivity index (χ3n) is 6.09. The number of alkyl halides is 3. The maximum Gasteiger partial charge on any atom is 0.406 e. The number of halogens is 3. The zero-order valence-electron chi connectivity index (χ0n) is 19.9. The Morgan fingerprint density at radius 3 is 2.43 bits per heavy atom. The lowest BCUT2D eigenvalue weighted by Gasteiger charge is -2.27. The third-order valence-corrected chi connectivity index (χ3v) is 6.09. The van der Waals surface area contributed by atoms with Crippen LogP contribution in [0.4, 0.5) is 24.9 Å². The molecule has 0 bridgehead atoms. The molecule has 0 saturated heterocycles. The molecule has 1 aliphatic carbocycles. The summed E-state index contributed by atoms with van der Waals surface area (Å²) in [6, 6.07) is 5.12. The largest absolute Gasteiger partial charge is 0.406 e. The van der Waals surface area contributed by atoms with E-state index in [1.165, 1.54) is 26.2 Å². The fourth-order valence-electron chi connectivity index (χ4n) is 4.37. The summed E-state index contributed by atoms with van der Waals surface area (Å²) < 4.78 is 41.4. The van der Waals surface area contributed by atoms with Gasteiger partial charge in [0.15, 0.2) is 11.5 Å². The average molecular weight is 491 g/mol. The number of nitrogens with two attached hydrogens (primary N) is 1. The van der Waals surface area contributed by atoms with Gasteiger partial charge < -0.3 is 20.7 Å². The first-order valence-corrected chi connectivity index (χ1v) is 11.4. The van der Waals surface area contributed by atoms with Gasteiger partial charge in [0.05, 0.1) is 11.3 Å². The Morgan fingerprint density at radius 2 is 1.83 bits per heavy atom. The highest BCUT2D eigenvalue weighted by atomic mass is 19.4. The Labute approximate surface area is 200 Å². The second kappa shape index (κ2) is 9.33. The van der Waals surface area contributed by atoms with Crippen molar-refractivity contribution in [1.29, 1.82) is 0 Å². The quantitative estimate of drug-likeness (QED) is 0.391. The molecule has 35 heavy (non-hydrogen) atoms. The second-order valence-corrected chi connectivity index (χ2v) is 9.05. The Morgan fingerprint density at radius 1 is 1.11 bits per heavy atom. The SMILES string of the molecule is CC1(O)CCCCC1.CNc1nc(N)nn2ccc(-c3ccc4nc(C)n(CC(F)(F)F)c4n3)c12. The summed E-state index contributed by atoms with van der Waals surface area (Å²) in [5, 5.41) is 16.4. The lowest BCUT2D eigenvalue weighted by Crippen LogP contribution is -2.26. The molecule has 0 spiro atoms. The number of pyridine rings is 1. The van der Waals surface area contributed by atoms with Crippen LogP contribution in [-0.4, -0.2) is 53.1 Å². The van der Waals surface area contributed by atoms with Crippen LogP contribution in [0.5, 0.6) is 0 Å². The van der Waals surface area contributed by atoms with Gasteiger partial charge in [-0.15, -0.1) is 5.10 Å². The van der Waals surface area contributed by atoms with Crippen LogP contribution in [0, 0.1) is 6.92 Å². The number of aryl methyl sites for hydroxylation is 1. The van der Waals surface area contributed by atoms with Gasteiger partial charge in [0.2, 0.25) is 5.95 Å². The highest BCUT2D eigenvalue weighted by Crippen LogP contribution is 2.31. The molecular weight excluding hydrogens is 461 g/mol. The van der Waals surface area contributed by atoms with Crippen molar-refractivity contribution < 1.29 is 18.3 Å². The summed E-state index contributed by atoms with van der Waals surface area (Å²) >= 11 is 0. The summed E-state index contributed by atoms with van der Waals surface area (Å²) in [7, 11) is 1.69. The van der Waals surface area contributed by atoms with Crippen LogP contribution in [0.2, 0.25) is 0 Å². The van der Waals surface area contributed by atoms with Crippen molar-refractivity contribution in [2.45, 2.75) is 64.3 Å². The standard InChI is InChI=1S/C16H15F3N8.C7H14O/c1-8-22-11-4-3-10(23-14(11)26(8)7-16(17,18)19)9-5-6-27-12(9)13(21-2)24-15(20)25-27;1-7(8)5-3-2-4-6-7/h3-6H,7H2,1-2H3,(H3,20,21,24,25);8H,2-6H2,1H3. The molecule has 4 heterocycles. The zero-order valence-corrected chi connectivity index (χ0v) is 19.9. The molecular formula is C23H29F3N8O. The van der Waals surface area contributed by atoms with E-state index in [1.807, 2.05) is 6.92 Å².